The number of hydrogen-bond acceptors (Lipinski definition) is 9. The van der Waals surface area contributed by atoms with E-state index in [1.165, 1.54) is 0 Å². The molecule has 0 spiro atoms. The third-order valence-corrected chi connectivity index (χ3v) is 0.610. The Labute approximate surface area is 134 Å². The van der Waals surface area contributed by atoms with E-state index in [-0.39, 0.29) is 29.8 Å². The van der Waals surface area contributed by atoms with Crippen LogP contribution in [0.25, 0.3) is 0 Å². The molecule has 0 saturated heterocycles. The van der Waals surface area contributed by atoms with E-state index < -0.39 is 17.9 Å². The molecule has 0 saturated carbocycles. The van der Waals surface area contributed by atoms with E-state index in [9.17, 15) is 0 Å². The summed E-state index contributed by atoms with van der Waals surface area (Å²) in [6, 6.07) is 0. The number of nitrogens with two attached hydrogens (primary N) is 1. The molecule has 0 aromatic carbocycles. The first-order valence-electron chi connectivity index (χ1n) is 5.16. The van der Waals surface area contributed by atoms with Crippen molar-refractivity contribution >= 4 is 17.9 Å². The molecule has 11 heteroatoms. The number of carbonyl (C=O) groups excluding carboxylic acids is 3. The van der Waals surface area contributed by atoms with Crippen molar-refractivity contribution in [1.29, 1.82) is 0 Å². The summed E-state index contributed by atoms with van der Waals surface area (Å²) >= 11 is 0. The number of aliphatic hydroxyl groups is 1. The standard InChI is InChI=1S/C4H12N2O.3C2H4O2.Fe.H3N/c5-1-2-6-3-4-7;3*1-2(3)4;;/h6-7H,1-5H2;3*1H3,(H,3,4);;1H3/q;;;;+2;/p-2. The van der Waals surface area contributed by atoms with Gasteiger partial charge in [0.2, 0.25) is 0 Å². The van der Waals surface area contributed by atoms with Gasteiger partial charge in [-0.15, -0.1) is 0 Å². The SMILES string of the molecule is CC(=O)[O-].CC(=O)[O-].CC(=O)[O-].NCCNCCO.[Fe+2].[NH4+]. The molecule has 0 aliphatic carbocycles. The topological polar surface area (TPSA) is 215 Å². The fourth-order valence-corrected chi connectivity index (χ4v) is 0.306. The van der Waals surface area contributed by atoms with Crippen LogP contribution >= 0.6 is 0 Å². The Balaban J connectivity index is -0.0000000359. The molecule has 10 nitrogen and oxygen atoms in total. The normalized spacial score (nSPS) is 6.71. The van der Waals surface area contributed by atoms with Crippen molar-refractivity contribution in [2.45, 2.75) is 20.8 Å². The minimum Gasteiger partial charge on any atom is -0.550 e. The number of carbonyl (C=O) groups is 3. The predicted molar refractivity (Wildman–Crippen MR) is 67.0 cm³/mol. The van der Waals surface area contributed by atoms with Crippen molar-refractivity contribution in [1.82, 2.24) is 11.5 Å². The number of rotatable bonds is 4. The summed E-state index contributed by atoms with van der Waals surface area (Å²) < 4.78 is 0. The Morgan fingerprint density at radius 2 is 1.19 bits per heavy atom. The molecule has 0 rings (SSSR count). The Kier molecular flexibility index (Phi) is 63.6. The molecule has 130 valence electrons. The fourth-order valence-electron chi connectivity index (χ4n) is 0.306. The molecule has 0 heterocycles. The maximum absolute atomic E-state index is 8.89. The van der Waals surface area contributed by atoms with E-state index in [0.717, 1.165) is 27.3 Å². The van der Waals surface area contributed by atoms with Crippen LogP contribution in [0, 0.1) is 0 Å². The van der Waals surface area contributed by atoms with E-state index in [4.69, 9.17) is 40.5 Å². The van der Waals surface area contributed by atoms with Crippen LogP contribution < -0.4 is 32.5 Å². The van der Waals surface area contributed by atoms with Gasteiger partial charge >= 0.3 is 17.1 Å². The van der Waals surface area contributed by atoms with Gasteiger partial charge in [0.1, 0.15) is 0 Å². The maximum Gasteiger partial charge on any atom is 2.00 e. The van der Waals surface area contributed by atoms with Gasteiger partial charge in [-0.05, 0) is 20.8 Å². The first-order valence-corrected chi connectivity index (χ1v) is 5.16. The number of nitrogens with one attached hydrogen (secondary N) is 1. The molecule has 0 aromatic rings. The third kappa shape index (κ3) is 688. The second-order valence-electron chi connectivity index (χ2n) is 2.74. The van der Waals surface area contributed by atoms with Gasteiger partial charge in [-0.3, -0.25) is 0 Å². The van der Waals surface area contributed by atoms with E-state index in [1.807, 2.05) is 0 Å². The monoisotopic (exact) mass is 355 g/mol. The third-order valence-electron chi connectivity index (χ3n) is 0.610. The molecular formula is C10H25FeN3O7. The Bertz CT molecular complexity index is 186. The minimum absolute atomic E-state index is 0. The smallest absolute Gasteiger partial charge is 0.550 e. The quantitative estimate of drug-likeness (QED) is 0.280. The van der Waals surface area contributed by atoms with E-state index in [0.29, 0.717) is 13.1 Å². The number of aliphatic hydroxyl groups excluding tert-OH is 1. The van der Waals surface area contributed by atoms with Crippen molar-refractivity contribution < 1.29 is 51.9 Å². The van der Waals surface area contributed by atoms with Crippen molar-refractivity contribution in [2.75, 3.05) is 26.2 Å². The number of quaternary nitrogens is 1. The molecule has 0 radical (unpaired) electrons. The van der Waals surface area contributed by atoms with Crippen molar-refractivity contribution in [3.05, 3.63) is 0 Å². The maximum atomic E-state index is 8.89. The summed E-state index contributed by atoms with van der Waals surface area (Å²) in [7, 11) is 0. The Hall–Kier alpha value is -1.23. The second kappa shape index (κ2) is 36.3. The largest absolute Gasteiger partial charge is 2.00 e. The summed E-state index contributed by atoms with van der Waals surface area (Å²) in [5.41, 5.74) is 5.13. The van der Waals surface area contributed by atoms with Gasteiger partial charge in [-0.2, -0.15) is 0 Å². The predicted octanol–water partition coefficient (Wildman–Crippen LogP) is -4.83. The molecule has 0 aliphatic heterocycles. The van der Waals surface area contributed by atoms with Crippen LogP contribution in [-0.4, -0.2) is 49.3 Å². The minimum atomic E-state index is -1.08. The Morgan fingerprint density at radius 3 is 1.33 bits per heavy atom. The molecule has 0 bridgehead atoms. The zero-order valence-electron chi connectivity index (χ0n) is 12.7. The van der Waals surface area contributed by atoms with Gasteiger partial charge in [0.15, 0.2) is 0 Å². The average molecular weight is 355 g/mol. The molecular weight excluding hydrogens is 330 g/mol. The van der Waals surface area contributed by atoms with Gasteiger partial charge in [0.25, 0.3) is 0 Å². The zero-order valence-corrected chi connectivity index (χ0v) is 13.8. The van der Waals surface area contributed by atoms with Crippen LogP contribution in [0.4, 0.5) is 0 Å². The van der Waals surface area contributed by atoms with Gasteiger partial charge < -0.3 is 52.0 Å². The van der Waals surface area contributed by atoms with Crippen LogP contribution in [0.5, 0.6) is 0 Å². The van der Waals surface area contributed by atoms with Crippen LogP contribution in [-0.2, 0) is 31.5 Å². The van der Waals surface area contributed by atoms with Crippen molar-refractivity contribution in [2.24, 2.45) is 5.73 Å². The number of aliphatic carboxylic acids is 3. The molecule has 0 aliphatic rings. The van der Waals surface area contributed by atoms with E-state index in [2.05, 4.69) is 5.32 Å². The number of hydrogen-bond donors (Lipinski definition) is 4. The average Bonchev–Trinajstić information content (AvgIpc) is 2.15. The number of carboxylic acids is 3. The summed E-state index contributed by atoms with van der Waals surface area (Å²) in [5.74, 6) is -3.25. The zero-order chi connectivity index (χ0) is 16.3. The number of carboxylic acid groups (broad SMARTS) is 3. The van der Waals surface area contributed by atoms with Crippen molar-refractivity contribution in [3.8, 4) is 0 Å². The second-order valence-corrected chi connectivity index (χ2v) is 2.74. The van der Waals surface area contributed by atoms with Crippen LogP contribution in [0.2, 0.25) is 0 Å². The van der Waals surface area contributed by atoms with Crippen LogP contribution in [0.3, 0.4) is 0 Å². The van der Waals surface area contributed by atoms with Crippen LogP contribution in [0.1, 0.15) is 20.8 Å². The van der Waals surface area contributed by atoms with Crippen molar-refractivity contribution in [3.63, 3.8) is 0 Å². The summed E-state index contributed by atoms with van der Waals surface area (Å²) in [5, 5.41) is 37.8. The Morgan fingerprint density at radius 1 is 0.952 bits per heavy atom. The summed E-state index contributed by atoms with van der Waals surface area (Å²) in [6.07, 6.45) is 0. The van der Waals surface area contributed by atoms with E-state index >= 15 is 0 Å². The van der Waals surface area contributed by atoms with Gasteiger partial charge in [-0.1, -0.05) is 0 Å². The molecule has 0 amide bonds. The molecule has 21 heavy (non-hydrogen) atoms. The molecule has 0 unspecified atom stereocenters. The summed E-state index contributed by atoms with van der Waals surface area (Å²) in [4.78, 5) is 26.7. The first-order chi connectivity index (χ1) is 8.61. The van der Waals surface area contributed by atoms with Gasteiger partial charge in [0, 0.05) is 37.5 Å². The molecule has 0 atom stereocenters. The molecule has 0 aromatic heterocycles. The molecule has 0 fully saturated rings. The summed E-state index contributed by atoms with van der Waals surface area (Å²) in [6.45, 7) is 5.19. The van der Waals surface area contributed by atoms with Gasteiger partial charge in [0.05, 0.1) is 6.61 Å². The first kappa shape index (κ1) is 36.7. The van der Waals surface area contributed by atoms with Gasteiger partial charge in [-0.25, -0.2) is 0 Å². The van der Waals surface area contributed by atoms with Crippen LogP contribution in [0.15, 0.2) is 0 Å². The molecule has 8 N–H and O–H groups in total. The fraction of sp³-hybridized carbons (Fsp3) is 0.700. The van der Waals surface area contributed by atoms with E-state index in [1.54, 1.807) is 0 Å².